The third kappa shape index (κ3) is 3.62. The van der Waals surface area contributed by atoms with E-state index in [4.69, 9.17) is 23.2 Å². The van der Waals surface area contributed by atoms with Crippen molar-refractivity contribution >= 4 is 39.1 Å². The van der Waals surface area contributed by atoms with Crippen LogP contribution in [0.2, 0.25) is 0 Å². The van der Waals surface area contributed by atoms with Gasteiger partial charge in [-0.1, -0.05) is 44.7 Å². The van der Waals surface area contributed by atoms with Crippen molar-refractivity contribution in [2.24, 2.45) is 0 Å². The highest BCUT2D eigenvalue weighted by molar-refractivity contribution is 9.11. The summed E-state index contributed by atoms with van der Waals surface area (Å²) in [6.45, 7) is 4.89. The van der Waals surface area contributed by atoms with Crippen LogP contribution in [0.15, 0.2) is 20.6 Å². The van der Waals surface area contributed by atoms with Crippen molar-refractivity contribution in [1.82, 2.24) is 4.90 Å². The molecule has 0 atom stereocenters. The van der Waals surface area contributed by atoms with Gasteiger partial charge < -0.3 is 0 Å². The first-order valence-corrected chi connectivity index (χ1v) is 5.75. The van der Waals surface area contributed by atoms with E-state index in [0.717, 1.165) is 26.1 Å². The molecule has 0 aromatic carbocycles. The SMILES string of the molecule is CC1=C(Br)CN(C/C(Cl)=C/Cl)CC1. The topological polar surface area (TPSA) is 3.24 Å². The summed E-state index contributed by atoms with van der Waals surface area (Å²) in [5.41, 5.74) is 2.86. The Morgan fingerprint density at radius 2 is 2.38 bits per heavy atom. The average molecular weight is 285 g/mol. The van der Waals surface area contributed by atoms with E-state index in [1.54, 1.807) is 0 Å². The zero-order valence-corrected chi connectivity index (χ0v) is 10.6. The first-order chi connectivity index (χ1) is 6.13. The highest BCUT2D eigenvalue weighted by Gasteiger charge is 2.14. The Balaban J connectivity index is 2.49. The third-order valence-corrected chi connectivity index (χ3v) is 3.65. The average Bonchev–Trinajstić information content (AvgIpc) is 2.11. The van der Waals surface area contributed by atoms with Gasteiger partial charge in [-0.25, -0.2) is 0 Å². The third-order valence-electron chi connectivity index (χ3n) is 2.12. The highest BCUT2D eigenvalue weighted by atomic mass is 79.9. The fraction of sp³-hybridized carbons (Fsp3) is 0.556. The summed E-state index contributed by atoms with van der Waals surface area (Å²) in [6.07, 6.45) is 1.10. The van der Waals surface area contributed by atoms with E-state index in [9.17, 15) is 0 Å². The van der Waals surface area contributed by atoms with E-state index in [2.05, 4.69) is 27.8 Å². The summed E-state index contributed by atoms with van der Waals surface area (Å²) in [7, 11) is 0. The Morgan fingerprint density at radius 1 is 1.69 bits per heavy atom. The van der Waals surface area contributed by atoms with Crippen molar-refractivity contribution in [3.05, 3.63) is 20.6 Å². The van der Waals surface area contributed by atoms with Gasteiger partial charge in [0.15, 0.2) is 0 Å². The lowest BCUT2D eigenvalue weighted by atomic mass is 10.1. The van der Waals surface area contributed by atoms with Crippen LogP contribution in [0.25, 0.3) is 0 Å². The number of hydrogen-bond acceptors (Lipinski definition) is 1. The van der Waals surface area contributed by atoms with Gasteiger partial charge in [-0.15, -0.1) is 0 Å². The molecule has 74 valence electrons. The second kappa shape index (κ2) is 5.40. The molecule has 0 saturated carbocycles. The summed E-state index contributed by atoms with van der Waals surface area (Å²) in [5.74, 6) is 0. The van der Waals surface area contributed by atoms with Gasteiger partial charge in [-0.05, 0) is 13.3 Å². The molecule has 0 aromatic rings. The molecule has 13 heavy (non-hydrogen) atoms. The van der Waals surface area contributed by atoms with Crippen LogP contribution in [0.1, 0.15) is 13.3 Å². The van der Waals surface area contributed by atoms with Crippen LogP contribution in [0.4, 0.5) is 0 Å². The first-order valence-electron chi connectivity index (χ1n) is 4.14. The van der Waals surface area contributed by atoms with Gasteiger partial charge in [0.05, 0.1) is 0 Å². The molecule has 1 nitrogen and oxygen atoms in total. The Labute approximate surface area is 97.5 Å². The van der Waals surface area contributed by atoms with E-state index < -0.39 is 0 Å². The lowest BCUT2D eigenvalue weighted by molar-refractivity contribution is 0.321. The van der Waals surface area contributed by atoms with E-state index in [0.29, 0.717) is 5.03 Å². The molecule has 0 bridgehead atoms. The van der Waals surface area contributed by atoms with Crippen LogP contribution in [0.5, 0.6) is 0 Å². The molecule has 1 rings (SSSR count). The summed E-state index contributed by atoms with van der Waals surface area (Å²) in [5, 5.41) is 0.696. The zero-order chi connectivity index (χ0) is 9.84. The lowest BCUT2D eigenvalue weighted by Gasteiger charge is -2.27. The molecule has 0 saturated heterocycles. The van der Waals surface area contributed by atoms with Gasteiger partial charge >= 0.3 is 0 Å². The molecule has 0 aromatic heterocycles. The lowest BCUT2D eigenvalue weighted by Crippen LogP contribution is -2.31. The van der Waals surface area contributed by atoms with E-state index in [1.807, 2.05) is 0 Å². The maximum Gasteiger partial charge on any atom is 0.0434 e. The minimum Gasteiger partial charge on any atom is -0.293 e. The van der Waals surface area contributed by atoms with E-state index in [-0.39, 0.29) is 0 Å². The highest BCUT2D eigenvalue weighted by Crippen LogP contribution is 2.22. The summed E-state index contributed by atoms with van der Waals surface area (Å²) in [4.78, 5) is 2.26. The summed E-state index contributed by atoms with van der Waals surface area (Å²) < 4.78 is 1.28. The zero-order valence-electron chi connectivity index (χ0n) is 7.49. The minimum absolute atomic E-state index is 0.696. The van der Waals surface area contributed by atoms with Gasteiger partial charge in [-0.3, -0.25) is 4.90 Å². The molecule has 1 aliphatic rings. The molecule has 0 unspecified atom stereocenters. The standard InChI is InChI=1S/C9H12BrCl2N/c1-7-2-3-13(6-9(7)10)5-8(12)4-11/h4H,2-3,5-6H2,1H3/b8-4-. The molecule has 0 spiro atoms. The maximum atomic E-state index is 5.84. The molecule has 1 aliphatic heterocycles. The van der Waals surface area contributed by atoms with E-state index in [1.165, 1.54) is 15.6 Å². The fourth-order valence-corrected chi connectivity index (χ4v) is 2.05. The maximum absolute atomic E-state index is 5.84. The molecule has 1 heterocycles. The molecule has 0 fully saturated rings. The van der Waals surface area contributed by atoms with Crippen LogP contribution >= 0.6 is 39.1 Å². The number of hydrogen-bond donors (Lipinski definition) is 0. The van der Waals surface area contributed by atoms with Crippen molar-refractivity contribution in [2.75, 3.05) is 19.6 Å². The normalized spacial score (nSPS) is 21.1. The van der Waals surface area contributed by atoms with Crippen molar-refractivity contribution in [1.29, 1.82) is 0 Å². The van der Waals surface area contributed by atoms with Gasteiger partial charge in [0.25, 0.3) is 0 Å². The van der Waals surface area contributed by atoms with Crippen molar-refractivity contribution in [3.63, 3.8) is 0 Å². The molecule has 0 radical (unpaired) electrons. The molecular weight excluding hydrogens is 273 g/mol. The first kappa shape index (κ1) is 11.6. The molecular formula is C9H12BrCl2N. The molecule has 0 aliphatic carbocycles. The molecule has 4 heteroatoms. The number of rotatable bonds is 2. The Kier molecular flexibility index (Phi) is 4.81. The van der Waals surface area contributed by atoms with Crippen molar-refractivity contribution in [3.8, 4) is 0 Å². The van der Waals surface area contributed by atoms with Crippen LogP contribution < -0.4 is 0 Å². The quantitative estimate of drug-likeness (QED) is 0.748. The minimum atomic E-state index is 0.696. The predicted molar refractivity (Wildman–Crippen MR) is 62.5 cm³/mol. The summed E-state index contributed by atoms with van der Waals surface area (Å²) in [6, 6.07) is 0. The van der Waals surface area contributed by atoms with Crippen LogP contribution in [-0.4, -0.2) is 24.5 Å². The Hall–Kier alpha value is 0.500. The van der Waals surface area contributed by atoms with Gasteiger partial charge in [0, 0.05) is 34.7 Å². The Bertz CT molecular complexity index is 248. The molecule has 0 N–H and O–H groups in total. The fourth-order valence-electron chi connectivity index (χ4n) is 1.25. The monoisotopic (exact) mass is 283 g/mol. The van der Waals surface area contributed by atoms with Gasteiger partial charge in [-0.2, -0.15) is 0 Å². The van der Waals surface area contributed by atoms with Gasteiger partial charge in [0.1, 0.15) is 0 Å². The van der Waals surface area contributed by atoms with Crippen LogP contribution in [0, 0.1) is 0 Å². The second-order valence-corrected chi connectivity index (χ2v) is 4.86. The Morgan fingerprint density at radius 3 is 2.92 bits per heavy atom. The molecule has 0 amide bonds. The van der Waals surface area contributed by atoms with Crippen LogP contribution in [-0.2, 0) is 0 Å². The smallest absolute Gasteiger partial charge is 0.0434 e. The van der Waals surface area contributed by atoms with Crippen molar-refractivity contribution in [2.45, 2.75) is 13.3 Å². The second-order valence-electron chi connectivity index (χ2n) is 3.20. The van der Waals surface area contributed by atoms with E-state index >= 15 is 0 Å². The number of nitrogens with zero attached hydrogens (tertiary/aromatic N) is 1. The van der Waals surface area contributed by atoms with Gasteiger partial charge in [0.2, 0.25) is 0 Å². The predicted octanol–water partition coefficient (Wildman–Crippen LogP) is 3.68. The largest absolute Gasteiger partial charge is 0.293 e. The van der Waals surface area contributed by atoms with Crippen LogP contribution in [0.3, 0.4) is 0 Å². The van der Waals surface area contributed by atoms with Crippen molar-refractivity contribution < 1.29 is 0 Å². The summed E-state index contributed by atoms with van der Waals surface area (Å²) >= 11 is 14.9. The number of halogens is 3.